The summed E-state index contributed by atoms with van der Waals surface area (Å²) in [5, 5.41) is 2.97. The lowest BCUT2D eigenvalue weighted by Gasteiger charge is -2.14. The van der Waals surface area contributed by atoms with Gasteiger partial charge in [0.15, 0.2) is 5.16 Å². The zero-order chi connectivity index (χ0) is 20.5. The molecule has 0 unspecified atom stereocenters. The van der Waals surface area contributed by atoms with E-state index in [1.807, 2.05) is 13.8 Å². The number of para-hydroxylation sites is 1. The van der Waals surface area contributed by atoms with Gasteiger partial charge in [0.05, 0.1) is 27.6 Å². The molecule has 1 amide bonds. The highest BCUT2D eigenvalue weighted by Gasteiger charge is 2.33. The Labute approximate surface area is 168 Å². The van der Waals surface area contributed by atoms with Gasteiger partial charge in [0, 0.05) is 18.2 Å². The zero-order valence-corrected chi connectivity index (χ0v) is 16.8. The van der Waals surface area contributed by atoms with E-state index >= 15 is 0 Å². The fourth-order valence-corrected chi connectivity index (χ4v) is 4.87. The van der Waals surface area contributed by atoms with Gasteiger partial charge in [0.1, 0.15) is 0 Å². The molecule has 0 spiro atoms. The van der Waals surface area contributed by atoms with Crippen LogP contribution in [0.5, 0.6) is 0 Å². The molecule has 1 aromatic carbocycles. The minimum absolute atomic E-state index is 0.132. The molecule has 1 aliphatic heterocycles. The van der Waals surface area contributed by atoms with Gasteiger partial charge in [-0.15, -0.1) is 11.8 Å². The Morgan fingerprint density at radius 1 is 1.39 bits per heavy atom. The van der Waals surface area contributed by atoms with Crippen LogP contribution in [0.25, 0.3) is 0 Å². The molecule has 0 aliphatic carbocycles. The molecule has 0 fully saturated rings. The monoisotopic (exact) mass is 429 g/mol. The van der Waals surface area contributed by atoms with Crippen molar-refractivity contribution in [3.63, 3.8) is 0 Å². The average molecular weight is 429 g/mol. The van der Waals surface area contributed by atoms with E-state index < -0.39 is 17.6 Å². The maximum atomic E-state index is 13.0. The van der Waals surface area contributed by atoms with Crippen LogP contribution in [0.4, 0.5) is 18.9 Å². The number of fused-ring (bicyclic) bond motifs is 1. The molecule has 2 aromatic rings. The number of halogens is 3. The number of benzene rings is 1. The molecular weight excluding hydrogens is 411 g/mol. The van der Waals surface area contributed by atoms with Crippen LogP contribution in [0.3, 0.4) is 0 Å². The van der Waals surface area contributed by atoms with Crippen molar-refractivity contribution in [2.24, 2.45) is 0 Å². The van der Waals surface area contributed by atoms with Crippen LogP contribution in [0.2, 0.25) is 0 Å². The minimum atomic E-state index is -4.56. The van der Waals surface area contributed by atoms with Crippen molar-refractivity contribution < 1.29 is 18.0 Å². The highest BCUT2D eigenvalue weighted by molar-refractivity contribution is 8.00. The van der Waals surface area contributed by atoms with Gasteiger partial charge in [-0.05, 0) is 19.1 Å². The Balaban J connectivity index is 1.75. The fourth-order valence-electron chi connectivity index (χ4n) is 2.88. The number of aromatic nitrogens is 2. The normalized spacial score (nSPS) is 16.1. The van der Waals surface area contributed by atoms with Crippen molar-refractivity contribution in [2.45, 2.75) is 48.3 Å². The summed E-state index contributed by atoms with van der Waals surface area (Å²) in [6, 6.07) is 4.81. The summed E-state index contributed by atoms with van der Waals surface area (Å²) in [6.45, 7) is 4.22. The molecule has 150 valence electrons. The molecule has 0 saturated carbocycles. The van der Waals surface area contributed by atoms with Gasteiger partial charge in [-0.1, -0.05) is 30.8 Å². The first-order valence-corrected chi connectivity index (χ1v) is 10.5. The summed E-state index contributed by atoms with van der Waals surface area (Å²) in [4.78, 5) is 30.0. The van der Waals surface area contributed by atoms with E-state index in [9.17, 15) is 22.8 Å². The third kappa shape index (κ3) is 4.38. The molecule has 1 N–H and O–H groups in total. The summed E-state index contributed by atoms with van der Waals surface area (Å²) in [5.74, 6) is -0.748. The van der Waals surface area contributed by atoms with E-state index in [0.717, 1.165) is 23.5 Å². The van der Waals surface area contributed by atoms with Crippen LogP contribution < -0.4 is 10.9 Å². The summed E-state index contributed by atoms with van der Waals surface area (Å²) in [6.07, 6.45) is -3.88. The molecule has 2 heterocycles. The Bertz CT molecular complexity index is 960. The van der Waals surface area contributed by atoms with Crippen molar-refractivity contribution in [3.8, 4) is 0 Å². The molecule has 5 nitrogen and oxygen atoms in total. The van der Waals surface area contributed by atoms with E-state index in [1.54, 1.807) is 0 Å². The number of thioether (sulfide) groups is 2. The second-order valence-electron chi connectivity index (χ2n) is 6.23. The van der Waals surface area contributed by atoms with E-state index in [0.29, 0.717) is 23.0 Å². The quantitative estimate of drug-likeness (QED) is 0.574. The van der Waals surface area contributed by atoms with Crippen LogP contribution >= 0.6 is 23.5 Å². The summed E-state index contributed by atoms with van der Waals surface area (Å²) in [7, 11) is 0. The third-order valence-corrected chi connectivity index (χ3v) is 6.31. The Morgan fingerprint density at radius 2 is 2.11 bits per heavy atom. The lowest BCUT2D eigenvalue weighted by molar-refractivity contribution is -0.137. The molecule has 0 radical (unpaired) electrons. The van der Waals surface area contributed by atoms with Crippen LogP contribution in [0.1, 0.15) is 25.1 Å². The Hall–Kier alpha value is -1.94. The van der Waals surface area contributed by atoms with Gasteiger partial charge in [-0.25, -0.2) is 4.98 Å². The predicted octanol–water partition coefficient (Wildman–Crippen LogP) is 4.05. The second kappa shape index (κ2) is 8.20. The van der Waals surface area contributed by atoms with Gasteiger partial charge >= 0.3 is 6.18 Å². The van der Waals surface area contributed by atoms with Crippen molar-refractivity contribution in [2.75, 3.05) is 11.1 Å². The van der Waals surface area contributed by atoms with E-state index in [2.05, 4.69) is 10.3 Å². The van der Waals surface area contributed by atoms with Gasteiger partial charge in [-0.2, -0.15) is 13.2 Å². The summed E-state index contributed by atoms with van der Waals surface area (Å²) in [5.41, 5.74) is -0.606. The number of amides is 1. The van der Waals surface area contributed by atoms with Crippen molar-refractivity contribution in [1.82, 2.24) is 9.55 Å². The van der Waals surface area contributed by atoms with Crippen molar-refractivity contribution in [3.05, 3.63) is 45.9 Å². The summed E-state index contributed by atoms with van der Waals surface area (Å²) < 4.78 is 40.6. The predicted molar refractivity (Wildman–Crippen MR) is 104 cm³/mol. The number of nitrogens with one attached hydrogen (secondary N) is 1. The molecular formula is C18H18F3N3O2S2. The smallest absolute Gasteiger partial charge is 0.325 e. The number of alkyl halides is 3. The topological polar surface area (TPSA) is 64.0 Å². The number of hydrogen-bond acceptors (Lipinski definition) is 5. The number of hydrogen-bond donors (Lipinski definition) is 1. The Kier molecular flexibility index (Phi) is 6.09. The van der Waals surface area contributed by atoms with Crippen LogP contribution in [-0.4, -0.2) is 26.5 Å². The molecule has 28 heavy (non-hydrogen) atoms. The van der Waals surface area contributed by atoms with E-state index in [1.165, 1.54) is 34.5 Å². The molecule has 1 aliphatic rings. The minimum Gasteiger partial charge on any atom is -0.325 e. The molecule has 0 saturated heterocycles. The molecule has 1 aromatic heterocycles. The maximum Gasteiger partial charge on any atom is 0.418 e. The van der Waals surface area contributed by atoms with Crippen LogP contribution in [0, 0.1) is 0 Å². The molecule has 3 rings (SSSR count). The third-order valence-electron chi connectivity index (χ3n) is 4.12. The summed E-state index contributed by atoms with van der Waals surface area (Å²) >= 11 is 2.54. The average Bonchev–Trinajstić information content (AvgIpc) is 3.00. The number of carbonyl (C=O) groups is 1. The highest BCUT2D eigenvalue weighted by atomic mass is 32.2. The lowest BCUT2D eigenvalue weighted by atomic mass is 10.1. The van der Waals surface area contributed by atoms with Gasteiger partial charge in [-0.3, -0.25) is 14.2 Å². The fraction of sp³-hybridized carbons (Fsp3) is 0.389. The number of rotatable bonds is 5. The van der Waals surface area contributed by atoms with Gasteiger partial charge < -0.3 is 5.32 Å². The first kappa shape index (κ1) is 20.8. The first-order valence-electron chi connectivity index (χ1n) is 8.60. The number of carbonyl (C=O) groups excluding carboxylic acids is 1. The van der Waals surface area contributed by atoms with Crippen LogP contribution in [-0.2, 0) is 23.9 Å². The van der Waals surface area contributed by atoms with Gasteiger partial charge in [0.2, 0.25) is 5.91 Å². The SMILES string of the molecule is CCn1c(SCC(=O)Nc2ccccc2C(F)(F)F)nc2c(c1=O)S[C@H](C)C2. The van der Waals surface area contributed by atoms with E-state index in [4.69, 9.17) is 0 Å². The standard InChI is InChI=1S/C18H18F3N3O2S2/c1-3-24-16(26)15-13(8-10(2)28-15)23-17(24)27-9-14(25)22-12-7-5-4-6-11(12)18(19,20)21/h4-7,10H,3,8-9H2,1-2H3,(H,22,25)/t10-/m1/s1. The Morgan fingerprint density at radius 3 is 2.79 bits per heavy atom. The highest BCUT2D eigenvalue weighted by Crippen LogP contribution is 2.35. The number of nitrogens with zero attached hydrogens (tertiary/aromatic N) is 2. The molecule has 1 atom stereocenters. The van der Waals surface area contributed by atoms with Gasteiger partial charge in [0.25, 0.3) is 5.56 Å². The first-order chi connectivity index (χ1) is 13.2. The van der Waals surface area contributed by atoms with E-state index in [-0.39, 0.29) is 22.2 Å². The van der Waals surface area contributed by atoms with Crippen LogP contribution in [0.15, 0.2) is 39.1 Å². The number of anilines is 1. The zero-order valence-electron chi connectivity index (χ0n) is 15.2. The second-order valence-corrected chi connectivity index (χ2v) is 8.62. The van der Waals surface area contributed by atoms with Crippen molar-refractivity contribution in [1.29, 1.82) is 0 Å². The molecule has 10 heteroatoms. The lowest BCUT2D eigenvalue weighted by Crippen LogP contribution is -2.25. The maximum absolute atomic E-state index is 13.0. The largest absolute Gasteiger partial charge is 0.418 e. The van der Waals surface area contributed by atoms with Crippen molar-refractivity contribution >= 4 is 35.1 Å². The molecule has 0 bridgehead atoms.